The molecule has 0 bridgehead atoms. The average molecular weight is 151 g/mol. The van der Waals surface area contributed by atoms with Crippen LogP contribution in [0, 0.1) is 10.8 Å². The zero-order valence-electron chi connectivity index (χ0n) is 7.81. The van der Waals surface area contributed by atoms with Gasteiger partial charge < -0.3 is 5.73 Å². The minimum atomic E-state index is 0.0851. The molecule has 11 heavy (non-hydrogen) atoms. The van der Waals surface area contributed by atoms with Gasteiger partial charge in [0.05, 0.1) is 0 Å². The Labute approximate surface area is 69.0 Å². The summed E-state index contributed by atoms with van der Waals surface area (Å²) in [5.41, 5.74) is 7.13. The lowest BCUT2D eigenvalue weighted by Gasteiger charge is -2.41. The number of nitrogens with two attached hydrogens (primary N) is 1. The van der Waals surface area contributed by atoms with E-state index in [0.29, 0.717) is 0 Å². The molecule has 0 aromatic carbocycles. The number of rotatable bonds is 0. The second kappa shape index (κ2) is 2.13. The molecule has 1 heteroatoms. The van der Waals surface area contributed by atoms with E-state index in [1.807, 2.05) is 12.2 Å². The highest BCUT2D eigenvalue weighted by Gasteiger charge is 2.38. The van der Waals surface area contributed by atoms with Crippen molar-refractivity contribution in [2.24, 2.45) is 16.6 Å². The first-order chi connectivity index (χ1) is 4.88. The van der Waals surface area contributed by atoms with Crippen molar-refractivity contribution in [1.29, 1.82) is 0 Å². The molecule has 2 N–H and O–H groups in total. The van der Waals surface area contributed by atoms with Crippen molar-refractivity contribution in [2.75, 3.05) is 0 Å². The molecule has 0 aliphatic heterocycles. The van der Waals surface area contributed by atoms with E-state index in [0.717, 1.165) is 5.70 Å². The van der Waals surface area contributed by atoms with Crippen LogP contribution in [0.5, 0.6) is 0 Å². The highest BCUT2D eigenvalue weighted by molar-refractivity contribution is 5.27. The summed E-state index contributed by atoms with van der Waals surface area (Å²) >= 11 is 0. The number of hydrogen-bond acceptors (Lipinski definition) is 1. The molecule has 0 saturated heterocycles. The Morgan fingerprint density at radius 3 is 2.09 bits per heavy atom. The molecule has 0 saturated carbocycles. The van der Waals surface area contributed by atoms with Crippen LogP contribution in [0.25, 0.3) is 0 Å². The molecule has 1 aliphatic carbocycles. The predicted molar refractivity (Wildman–Crippen MR) is 49.0 cm³/mol. The fraction of sp³-hybridized carbons (Fsp3) is 0.600. The largest absolute Gasteiger partial charge is 0.402 e. The van der Waals surface area contributed by atoms with E-state index < -0.39 is 0 Å². The summed E-state index contributed by atoms with van der Waals surface area (Å²) in [6.07, 6.45) is 6.25. The molecule has 0 spiro atoms. The first kappa shape index (κ1) is 8.38. The Hall–Kier alpha value is -0.720. The Balaban J connectivity index is 3.09. The van der Waals surface area contributed by atoms with Crippen molar-refractivity contribution in [1.82, 2.24) is 0 Å². The summed E-state index contributed by atoms with van der Waals surface area (Å²) in [7, 11) is 0. The molecule has 0 unspecified atom stereocenters. The molecule has 1 rings (SSSR count). The molecule has 0 heterocycles. The summed E-state index contributed by atoms with van der Waals surface area (Å²) in [4.78, 5) is 0. The van der Waals surface area contributed by atoms with Gasteiger partial charge in [0.15, 0.2) is 0 Å². The van der Waals surface area contributed by atoms with Crippen LogP contribution in [0.1, 0.15) is 27.7 Å². The average Bonchev–Trinajstić information content (AvgIpc) is 1.84. The highest BCUT2D eigenvalue weighted by Crippen LogP contribution is 2.45. The molecule has 0 aromatic rings. The smallest absolute Gasteiger partial charge is 0.0146 e. The molecule has 1 nitrogen and oxygen atoms in total. The van der Waals surface area contributed by atoms with Gasteiger partial charge >= 0.3 is 0 Å². The van der Waals surface area contributed by atoms with Crippen LogP contribution in [0.4, 0.5) is 0 Å². The Morgan fingerprint density at radius 1 is 1.18 bits per heavy atom. The van der Waals surface area contributed by atoms with Gasteiger partial charge in [-0.25, -0.2) is 0 Å². The van der Waals surface area contributed by atoms with E-state index in [1.54, 1.807) is 0 Å². The monoisotopic (exact) mass is 151 g/mol. The van der Waals surface area contributed by atoms with Gasteiger partial charge in [-0.1, -0.05) is 39.8 Å². The van der Waals surface area contributed by atoms with E-state index in [9.17, 15) is 0 Å². The van der Waals surface area contributed by atoms with Gasteiger partial charge in [0.25, 0.3) is 0 Å². The van der Waals surface area contributed by atoms with Crippen molar-refractivity contribution in [2.45, 2.75) is 27.7 Å². The van der Waals surface area contributed by atoms with E-state index in [1.165, 1.54) is 0 Å². The minimum Gasteiger partial charge on any atom is -0.402 e. The number of hydrogen-bond donors (Lipinski definition) is 1. The number of allylic oxidation sites excluding steroid dienone is 4. The molecular formula is C10H17N. The summed E-state index contributed by atoms with van der Waals surface area (Å²) in [5.74, 6) is 0. The normalized spacial score (nSPS) is 26.4. The van der Waals surface area contributed by atoms with E-state index in [4.69, 9.17) is 5.73 Å². The maximum atomic E-state index is 5.90. The van der Waals surface area contributed by atoms with Gasteiger partial charge in [-0.15, -0.1) is 0 Å². The van der Waals surface area contributed by atoms with Crippen molar-refractivity contribution < 1.29 is 0 Å². The van der Waals surface area contributed by atoms with Gasteiger partial charge in [-0.05, 0) is 11.5 Å². The molecule has 0 amide bonds. The molecule has 0 fully saturated rings. The molecule has 1 aliphatic rings. The van der Waals surface area contributed by atoms with Crippen molar-refractivity contribution in [3.05, 3.63) is 23.9 Å². The van der Waals surface area contributed by atoms with Crippen LogP contribution in [0.2, 0.25) is 0 Å². The third-order valence-corrected chi connectivity index (χ3v) is 3.12. The summed E-state index contributed by atoms with van der Waals surface area (Å²) in [6.45, 7) is 8.79. The molecule has 0 aromatic heterocycles. The second-order valence-electron chi connectivity index (χ2n) is 4.33. The van der Waals surface area contributed by atoms with Crippen molar-refractivity contribution in [3.63, 3.8) is 0 Å². The first-order valence-corrected chi connectivity index (χ1v) is 4.03. The van der Waals surface area contributed by atoms with Crippen LogP contribution in [-0.2, 0) is 0 Å². The van der Waals surface area contributed by atoms with Crippen molar-refractivity contribution in [3.8, 4) is 0 Å². The van der Waals surface area contributed by atoms with Gasteiger partial charge in [0.1, 0.15) is 0 Å². The highest BCUT2D eigenvalue weighted by atomic mass is 14.7. The second-order valence-corrected chi connectivity index (χ2v) is 4.33. The lowest BCUT2D eigenvalue weighted by molar-refractivity contribution is 0.209. The lowest BCUT2D eigenvalue weighted by Crippen LogP contribution is -2.37. The van der Waals surface area contributed by atoms with E-state index in [-0.39, 0.29) is 10.8 Å². The fourth-order valence-electron chi connectivity index (χ4n) is 1.18. The maximum absolute atomic E-state index is 5.90. The third kappa shape index (κ3) is 1.09. The SMILES string of the molecule is CC1(C)C=CC=C(N)C1(C)C. The molecule has 62 valence electrons. The first-order valence-electron chi connectivity index (χ1n) is 4.03. The van der Waals surface area contributed by atoms with Crippen LogP contribution in [-0.4, -0.2) is 0 Å². The predicted octanol–water partition coefficient (Wildman–Crippen LogP) is 2.45. The summed E-state index contributed by atoms with van der Waals surface area (Å²) in [6, 6.07) is 0. The quantitative estimate of drug-likeness (QED) is 0.565. The van der Waals surface area contributed by atoms with Crippen LogP contribution in [0.3, 0.4) is 0 Å². The summed E-state index contributed by atoms with van der Waals surface area (Å²) < 4.78 is 0. The lowest BCUT2D eigenvalue weighted by atomic mass is 9.64. The Bertz CT molecular complexity index is 219. The van der Waals surface area contributed by atoms with E-state index in [2.05, 4.69) is 33.8 Å². The van der Waals surface area contributed by atoms with Gasteiger partial charge in [-0.3, -0.25) is 0 Å². The molecule has 0 radical (unpaired) electrons. The van der Waals surface area contributed by atoms with Gasteiger partial charge in [0, 0.05) is 11.1 Å². The topological polar surface area (TPSA) is 26.0 Å². The molecule has 0 atom stereocenters. The minimum absolute atomic E-state index is 0.0851. The van der Waals surface area contributed by atoms with Crippen molar-refractivity contribution >= 4 is 0 Å². The van der Waals surface area contributed by atoms with Gasteiger partial charge in [-0.2, -0.15) is 0 Å². The van der Waals surface area contributed by atoms with Crippen LogP contribution in [0.15, 0.2) is 23.9 Å². The standard InChI is InChI=1S/C10H17N/c1-9(2)7-5-6-8(11)10(9,3)4/h5-7H,11H2,1-4H3. The summed E-state index contributed by atoms with van der Waals surface area (Å²) in [5, 5.41) is 0. The third-order valence-electron chi connectivity index (χ3n) is 3.12. The Morgan fingerprint density at radius 2 is 1.73 bits per heavy atom. The van der Waals surface area contributed by atoms with Crippen LogP contribution >= 0.6 is 0 Å². The zero-order chi connectivity index (χ0) is 8.70. The maximum Gasteiger partial charge on any atom is 0.0146 e. The van der Waals surface area contributed by atoms with E-state index >= 15 is 0 Å². The van der Waals surface area contributed by atoms with Gasteiger partial charge in [0.2, 0.25) is 0 Å². The fourth-order valence-corrected chi connectivity index (χ4v) is 1.18. The Kier molecular flexibility index (Phi) is 1.62. The van der Waals surface area contributed by atoms with Crippen LogP contribution < -0.4 is 5.73 Å². The zero-order valence-corrected chi connectivity index (χ0v) is 7.81. The molecular weight excluding hydrogens is 134 g/mol.